The van der Waals surface area contributed by atoms with Crippen LogP contribution in [0.3, 0.4) is 0 Å². The first-order valence-corrected chi connectivity index (χ1v) is 5.72. The lowest BCUT2D eigenvalue weighted by molar-refractivity contribution is -0.176. The molecule has 1 amide bonds. The highest BCUT2D eigenvalue weighted by molar-refractivity contribution is 5.83. The Morgan fingerprint density at radius 2 is 1.78 bits per heavy atom. The third kappa shape index (κ3) is 6.46. The van der Waals surface area contributed by atoms with E-state index in [-0.39, 0.29) is 6.42 Å². The summed E-state index contributed by atoms with van der Waals surface area (Å²) in [6.07, 6.45) is -3.12. The van der Waals surface area contributed by atoms with Gasteiger partial charge in [-0.2, -0.15) is 13.2 Å². The SMILES string of the molecule is CCCCCC(C)(CC(=O)O)NC(=O)C(F)(F)F. The Hall–Kier alpha value is -1.27. The summed E-state index contributed by atoms with van der Waals surface area (Å²) in [6.45, 7) is 3.24. The molecule has 0 spiro atoms. The summed E-state index contributed by atoms with van der Waals surface area (Å²) in [6, 6.07) is 0. The number of rotatable bonds is 7. The molecule has 0 aromatic heterocycles. The van der Waals surface area contributed by atoms with Crippen LogP contribution in [-0.4, -0.2) is 28.7 Å². The Labute approximate surface area is 104 Å². The molecule has 0 fully saturated rings. The van der Waals surface area contributed by atoms with Gasteiger partial charge in [0.2, 0.25) is 0 Å². The number of alkyl halides is 3. The Bertz CT molecular complexity index is 304. The Kier molecular flexibility index (Phi) is 6.14. The minimum atomic E-state index is -5.00. The van der Waals surface area contributed by atoms with Crippen LogP contribution in [0.15, 0.2) is 0 Å². The molecule has 0 heterocycles. The normalized spacial score (nSPS) is 14.9. The van der Waals surface area contributed by atoms with Gasteiger partial charge in [-0.15, -0.1) is 0 Å². The Morgan fingerprint density at radius 3 is 2.17 bits per heavy atom. The van der Waals surface area contributed by atoms with Crippen LogP contribution in [0.5, 0.6) is 0 Å². The number of aliphatic carboxylic acids is 1. The molecule has 0 rings (SSSR count). The molecule has 1 unspecified atom stereocenters. The molecule has 7 heteroatoms. The minimum absolute atomic E-state index is 0.203. The highest BCUT2D eigenvalue weighted by Gasteiger charge is 2.42. The maximum Gasteiger partial charge on any atom is 0.471 e. The molecule has 0 aliphatic rings. The van der Waals surface area contributed by atoms with Crippen molar-refractivity contribution in [3.05, 3.63) is 0 Å². The van der Waals surface area contributed by atoms with Crippen LogP contribution in [0.2, 0.25) is 0 Å². The molecule has 0 aromatic rings. The molecule has 106 valence electrons. The molecular weight excluding hydrogens is 251 g/mol. The smallest absolute Gasteiger partial charge is 0.471 e. The highest BCUT2D eigenvalue weighted by atomic mass is 19.4. The van der Waals surface area contributed by atoms with Gasteiger partial charge in [0, 0.05) is 5.54 Å². The number of nitrogens with one attached hydrogen (secondary N) is 1. The zero-order valence-electron chi connectivity index (χ0n) is 10.4. The molecule has 0 aliphatic heterocycles. The van der Waals surface area contributed by atoms with Crippen molar-refractivity contribution in [2.75, 3.05) is 0 Å². The molecule has 0 bridgehead atoms. The number of carboxylic acids is 1. The highest BCUT2D eigenvalue weighted by Crippen LogP contribution is 2.22. The number of hydrogen-bond acceptors (Lipinski definition) is 2. The summed E-state index contributed by atoms with van der Waals surface area (Å²) in [7, 11) is 0. The fourth-order valence-electron chi connectivity index (χ4n) is 1.64. The second-order valence-corrected chi connectivity index (χ2v) is 4.54. The fourth-order valence-corrected chi connectivity index (χ4v) is 1.64. The van der Waals surface area contributed by atoms with Crippen LogP contribution in [-0.2, 0) is 9.59 Å². The van der Waals surface area contributed by atoms with Crippen molar-refractivity contribution in [2.45, 2.75) is 57.7 Å². The third-order valence-corrected chi connectivity index (χ3v) is 2.55. The lowest BCUT2D eigenvalue weighted by atomic mass is 9.90. The van der Waals surface area contributed by atoms with Crippen LogP contribution >= 0.6 is 0 Å². The second kappa shape index (κ2) is 6.61. The first kappa shape index (κ1) is 16.7. The number of hydrogen-bond donors (Lipinski definition) is 2. The molecule has 18 heavy (non-hydrogen) atoms. The van der Waals surface area contributed by atoms with Gasteiger partial charge in [0.1, 0.15) is 0 Å². The van der Waals surface area contributed by atoms with Crippen molar-refractivity contribution in [3.63, 3.8) is 0 Å². The molecular formula is C11H18F3NO3. The van der Waals surface area contributed by atoms with E-state index in [4.69, 9.17) is 5.11 Å². The first-order valence-electron chi connectivity index (χ1n) is 5.72. The van der Waals surface area contributed by atoms with Gasteiger partial charge in [0.05, 0.1) is 6.42 Å². The zero-order chi connectivity index (χ0) is 14.4. The van der Waals surface area contributed by atoms with Gasteiger partial charge in [-0.3, -0.25) is 9.59 Å². The fraction of sp³-hybridized carbons (Fsp3) is 0.818. The van der Waals surface area contributed by atoms with Gasteiger partial charge in [0.15, 0.2) is 0 Å². The van der Waals surface area contributed by atoms with Gasteiger partial charge in [-0.1, -0.05) is 26.2 Å². The summed E-state index contributed by atoms with van der Waals surface area (Å²) in [4.78, 5) is 21.5. The summed E-state index contributed by atoms with van der Waals surface area (Å²) < 4.78 is 36.4. The summed E-state index contributed by atoms with van der Waals surface area (Å²) >= 11 is 0. The molecule has 0 aromatic carbocycles. The summed E-state index contributed by atoms with van der Waals surface area (Å²) in [5.74, 6) is -3.33. The molecule has 0 aliphatic carbocycles. The number of unbranched alkanes of at least 4 members (excludes halogenated alkanes) is 2. The van der Waals surface area contributed by atoms with E-state index in [0.717, 1.165) is 12.8 Å². The molecule has 1 atom stereocenters. The van der Waals surface area contributed by atoms with E-state index in [1.54, 1.807) is 5.32 Å². The lowest BCUT2D eigenvalue weighted by Crippen LogP contribution is -2.52. The molecule has 0 saturated carbocycles. The van der Waals surface area contributed by atoms with Crippen LogP contribution in [0.4, 0.5) is 13.2 Å². The van der Waals surface area contributed by atoms with E-state index in [9.17, 15) is 22.8 Å². The first-order chi connectivity index (χ1) is 8.10. The number of carbonyl (C=O) groups excluding carboxylic acids is 1. The van der Waals surface area contributed by atoms with Crippen LogP contribution in [0.25, 0.3) is 0 Å². The van der Waals surface area contributed by atoms with Crippen LogP contribution in [0.1, 0.15) is 46.0 Å². The minimum Gasteiger partial charge on any atom is -0.481 e. The number of halogens is 3. The molecule has 0 saturated heterocycles. The molecule has 4 nitrogen and oxygen atoms in total. The number of amides is 1. The van der Waals surface area contributed by atoms with Gasteiger partial charge in [-0.25, -0.2) is 0 Å². The average molecular weight is 269 g/mol. The van der Waals surface area contributed by atoms with Crippen molar-refractivity contribution in [2.24, 2.45) is 0 Å². The topological polar surface area (TPSA) is 66.4 Å². The molecule has 2 N–H and O–H groups in total. The quantitative estimate of drug-likeness (QED) is 0.698. The summed E-state index contributed by atoms with van der Waals surface area (Å²) in [5.41, 5.74) is -1.37. The second-order valence-electron chi connectivity index (χ2n) is 4.54. The van der Waals surface area contributed by atoms with Crippen molar-refractivity contribution in [1.82, 2.24) is 5.32 Å². The average Bonchev–Trinajstić information content (AvgIpc) is 2.14. The van der Waals surface area contributed by atoms with Gasteiger partial charge >= 0.3 is 18.1 Å². The van der Waals surface area contributed by atoms with Gasteiger partial charge in [0.25, 0.3) is 0 Å². The van der Waals surface area contributed by atoms with E-state index in [2.05, 4.69) is 0 Å². The Morgan fingerprint density at radius 1 is 1.22 bits per heavy atom. The van der Waals surface area contributed by atoms with E-state index in [1.165, 1.54) is 6.92 Å². The Balaban J connectivity index is 4.65. The van der Waals surface area contributed by atoms with Crippen LogP contribution in [0, 0.1) is 0 Å². The van der Waals surface area contributed by atoms with Crippen molar-refractivity contribution < 1.29 is 27.9 Å². The largest absolute Gasteiger partial charge is 0.481 e. The summed E-state index contributed by atoms with van der Waals surface area (Å²) in [5, 5.41) is 10.5. The maximum absolute atomic E-state index is 12.1. The third-order valence-electron chi connectivity index (χ3n) is 2.55. The zero-order valence-corrected chi connectivity index (χ0v) is 10.4. The van der Waals surface area contributed by atoms with E-state index in [1.807, 2.05) is 6.92 Å². The predicted molar refractivity (Wildman–Crippen MR) is 59.0 cm³/mol. The maximum atomic E-state index is 12.1. The van der Waals surface area contributed by atoms with Crippen molar-refractivity contribution in [1.29, 1.82) is 0 Å². The predicted octanol–water partition coefficient (Wildman–Crippen LogP) is 2.48. The molecule has 0 radical (unpaired) electrons. The van der Waals surface area contributed by atoms with Gasteiger partial charge < -0.3 is 10.4 Å². The number of carboxylic acid groups (broad SMARTS) is 1. The number of carbonyl (C=O) groups is 2. The van der Waals surface area contributed by atoms with E-state index < -0.39 is 30.0 Å². The standard InChI is InChI=1S/C11H18F3NO3/c1-3-4-5-6-10(2,7-8(16)17)15-9(18)11(12,13)14/h3-7H2,1-2H3,(H,15,18)(H,16,17). The monoisotopic (exact) mass is 269 g/mol. The van der Waals surface area contributed by atoms with Crippen molar-refractivity contribution >= 4 is 11.9 Å². The van der Waals surface area contributed by atoms with Crippen molar-refractivity contribution in [3.8, 4) is 0 Å². The van der Waals surface area contributed by atoms with E-state index >= 15 is 0 Å². The van der Waals surface area contributed by atoms with Crippen LogP contribution < -0.4 is 5.32 Å². The lowest BCUT2D eigenvalue weighted by Gasteiger charge is -2.29. The van der Waals surface area contributed by atoms with E-state index in [0.29, 0.717) is 6.42 Å². The van der Waals surface area contributed by atoms with Gasteiger partial charge in [-0.05, 0) is 13.3 Å².